The summed E-state index contributed by atoms with van der Waals surface area (Å²) in [5.41, 5.74) is 0.880. The van der Waals surface area contributed by atoms with E-state index in [1.807, 2.05) is 13.8 Å². The molecule has 3 aromatic rings. The number of carbonyl (C=O) groups is 2. The Kier molecular flexibility index (Phi) is 8.01. The van der Waals surface area contributed by atoms with E-state index < -0.39 is 10.1 Å². The van der Waals surface area contributed by atoms with Crippen molar-refractivity contribution in [2.75, 3.05) is 5.32 Å². The summed E-state index contributed by atoms with van der Waals surface area (Å²) >= 11 is 6.18. The number of benzene rings is 2. The molecule has 0 radical (unpaired) electrons. The molecule has 0 spiro atoms. The van der Waals surface area contributed by atoms with E-state index in [2.05, 4.69) is 5.32 Å². The number of rotatable bonds is 9. The van der Waals surface area contributed by atoms with E-state index in [1.54, 1.807) is 23.1 Å². The van der Waals surface area contributed by atoms with Crippen molar-refractivity contribution in [2.45, 2.75) is 44.7 Å². The first kappa shape index (κ1) is 25.3. The van der Waals surface area contributed by atoms with Crippen LogP contribution in [-0.4, -0.2) is 31.2 Å². The van der Waals surface area contributed by atoms with Gasteiger partial charge in [-0.1, -0.05) is 18.5 Å². The molecule has 10 heteroatoms. The highest BCUT2D eigenvalue weighted by Crippen LogP contribution is 2.29. The normalized spacial score (nSPS) is 12.1. The first-order chi connectivity index (χ1) is 16.1. The molecule has 2 aromatic carbocycles. The Balaban J connectivity index is 1.90. The number of anilines is 1. The third-order valence-corrected chi connectivity index (χ3v) is 6.63. The molecule has 8 nitrogen and oxygen atoms in total. The lowest BCUT2D eigenvalue weighted by Crippen LogP contribution is -2.37. The molecular weight excluding hydrogens is 480 g/mol. The summed E-state index contributed by atoms with van der Waals surface area (Å²) in [7, 11) is -4.20. The fraction of sp³-hybridized carbons (Fsp3) is 0.250. The van der Waals surface area contributed by atoms with Crippen LogP contribution in [0.25, 0.3) is 0 Å². The monoisotopic (exact) mass is 504 g/mol. The van der Waals surface area contributed by atoms with Crippen molar-refractivity contribution in [2.24, 2.45) is 0 Å². The second-order valence-electron chi connectivity index (χ2n) is 7.66. The van der Waals surface area contributed by atoms with Gasteiger partial charge in [0.25, 0.3) is 5.91 Å². The molecule has 1 atom stereocenters. The molecule has 0 saturated carbocycles. The average molecular weight is 505 g/mol. The maximum atomic E-state index is 13.0. The van der Waals surface area contributed by atoms with Gasteiger partial charge in [-0.05, 0) is 67.9 Å². The Morgan fingerprint density at radius 2 is 1.85 bits per heavy atom. The van der Waals surface area contributed by atoms with E-state index >= 15 is 0 Å². The molecule has 0 aliphatic heterocycles. The molecular formula is C24H25ClN2O6S. The Labute approximate surface area is 203 Å². The largest absolute Gasteiger partial charge is 0.459 e. The summed E-state index contributed by atoms with van der Waals surface area (Å²) in [5.74, 6) is -0.373. The molecule has 1 N–H and O–H groups in total. The number of furan rings is 1. The average Bonchev–Trinajstić information content (AvgIpc) is 3.33. The van der Waals surface area contributed by atoms with Crippen LogP contribution >= 0.6 is 11.6 Å². The molecule has 0 unspecified atom stereocenters. The number of carbonyl (C=O) groups excluding carboxylic acids is 2. The second kappa shape index (κ2) is 10.8. The lowest BCUT2D eigenvalue weighted by molar-refractivity contribution is -0.114. The standard InChI is InChI=1S/C24H25ClN2O6S/c1-4-16(2)27(24(29)23-6-5-13-32-23)15-18-14-19(25)7-12-22(18)33-34(30,31)21-10-8-20(9-11-21)26-17(3)28/h5-14,16H,4,15H2,1-3H3,(H,26,28)/t16-/m0/s1. The van der Waals surface area contributed by atoms with Crippen molar-refractivity contribution < 1.29 is 26.6 Å². The summed E-state index contributed by atoms with van der Waals surface area (Å²) in [6.45, 7) is 5.24. The van der Waals surface area contributed by atoms with Crippen LogP contribution in [0.15, 0.2) is 70.2 Å². The number of hydrogen-bond donors (Lipinski definition) is 1. The molecule has 0 bridgehead atoms. The molecule has 2 amide bonds. The Bertz CT molecular complexity index is 1260. The van der Waals surface area contributed by atoms with Crippen molar-refractivity contribution in [3.8, 4) is 5.75 Å². The fourth-order valence-corrected chi connectivity index (χ4v) is 4.36. The minimum absolute atomic E-state index is 0.0517. The van der Waals surface area contributed by atoms with Crippen LogP contribution in [0.2, 0.25) is 5.02 Å². The molecule has 0 aliphatic carbocycles. The van der Waals surface area contributed by atoms with Gasteiger partial charge in [0.1, 0.15) is 10.6 Å². The molecule has 0 aliphatic rings. The number of amides is 2. The molecule has 180 valence electrons. The van der Waals surface area contributed by atoms with Crippen molar-refractivity contribution >= 4 is 39.2 Å². The predicted octanol–water partition coefficient (Wildman–Crippen LogP) is 5.10. The van der Waals surface area contributed by atoms with Gasteiger partial charge in [-0.2, -0.15) is 8.42 Å². The van der Waals surface area contributed by atoms with Gasteiger partial charge in [-0.15, -0.1) is 0 Å². The Hall–Kier alpha value is -3.30. The highest BCUT2D eigenvalue weighted by Gasteiger charge is 2.26. The summed E-state index contributed by atoms with van der Waals surface area (Å²) in [6, 6.07) is 13.2. The maximum absolute atomic E-state index is 13.0. The quantitative estimate of drug-likeness (QED) is 0.406. The third-order valence-electron chi connectivity index (χ3n) is 5.14. The van der Waals surface area contributed by atoms with Crippen LogP contribution in [0.5, 0.6) is 5.75 Å². The predicted molar refractivity (Wildman–Crippen MR) is 128 cm³/mol. The van der Waals surface area contributed by atoms with Crippen molar-refractivity contribution in [3.63, 3.8) is 0 Å². The molecule has 1 heterocycles. The van der Waals surface area contributed by atoms with E-state index in [0.717, 1.165) is 0 Å². The Morgan fingerprint density at radius 3 is 2.44 bits per heavy atom. The number of nitrogens with one attached hydrogen (secondary N) is 1. The molecule has 1 aromatic heterocycles. The zero-order valence-electron chi connectivity index (χ0n) is 18.9. The zero-order chi connectivity index (χ0) is 24.9. The van der Waals surface area contributed by atoms with Crippen molar-refractivity contribution in [1.82, 2.24) is 4.90 Å². The van der Waals surface area contributed by atoms with E-state index in [0.29, 0.717) is 22.7 Å². The first-order valence-electron chi connectivity index (χ1n) is 10.6. The number of nitrogens with zero attached hydrogens (tertiary/aromatic N) is 1. The van der Waals surface area contributed by atoms with Gasteiger partial charge in [-0.3, -0.25) is 9.59 Å². The second-order valence-corrected chi connectivity index (χ2v) is 9.65. The van der Waals surface area contributed by atoms with Gasteiger partial charge in [-0.25, -0.2) is 0 Å². The number of halogens is 1. The molecule has 0 saturated heterocycles. The van der Waals surface area contributed by atoms with Gasteiger partial charge >= 0.3 is 10.1 Å². The van der Waals surface area contributed by atoms with Crippen LogP contribution in [0.3, 0.4) is 0 Å². The van der Waals surface area contributed by atoms with E-state index in [4.69, 9.17) is 20.2 Å². The van der Waals surface area contributed by atoms with Crippen LogP contribution in [0.4, 0.5) is 5.69 Å². The van der Waals surface area contributed by atoms with Crippen LogP contribution in [-0.2, 0) is 21.5 Å². The smallest absolute Gasteiger partial charge is 0.339 e. The van der Waals surface area contributed by atoms with Crippen LogP contribution < -0.4 is 9.50 Å². The first-order valence-corrected chi connectivity index (χ1v) is 12.3. The summed E-state index contributed by atoms with van der Waals surface area (Å²) in [6.07, 6.45) is 2.09. The maximum Gasteiger partial charge on any atom is 0.339 e. The van der Waals surface area contributed by atoms with Gasteiger partial charge in [0.05, 0.1) is 12.8 Å². The lowest BCUT2D eigenvalue weighted by atomic mass is 10.1. The summed E-state index contributed by atoms with van der Waals surface area (Å²) < 4.78 is 36.6. The molecule has 3 rings (SSSR count). The van der Waals surface area contributed by atoms with Crippen molar-refractivity contribution in [1.29, 1.82) is 0 Å². The minimum Gasteiger partial charge on any atom is -0.459 e. The van der Waals surface area contributed by atoms with E-state index in [9.17, 15) is 18.0 Å². The molecule has 0 fully saturated rings. The highest BCUT2D eigenvalue weighted by atomic mass is 35.5. The van der Waals surface area contributed by atoms with Crippen LogP contribution in [0, 0.1) is 0 Å². The topological polar surface area (TPSA) is 106 Å². The number of hydrogen-bond acceptors (Lipinski definition) is 6. The Morgan fingerprint density at radius 1 is 1.15 bits per heavy atom. The van der Waals surface area contributed by atoms with Gasteiger partial charge in [0, 0.05) is 29.2 Å². The molecule has 34 heavy (non-hydrogen) atoms. The zero-order valence-corrected chi connectivity index (χ0v) is 20.5. The van der Waals surface area contributed by atoms with Crippen molar-refractivity contribution in [3.05, 3.63) is 77.2 Å². The van der Waals surface area contributed by atoms with E-state index in [1.165, 1.54) is 49.6 Å². The lowest BCUT2D eigenvalue weighted by Gasteiger charge is -2.28. The van der Waals surface area contributed by atoms with Gasteiger partial charge < -0.3 is 18.8 Å². The minimum atomic E-state index is -4.20. The summed E-state index contributed by atoms with van der Waals surface area (Å²) in [5, 5.41) is 2.94. The SMILES string of the molecule is CC[C@H](C)N(Cc1cc(Cl)ccc1OS(=O)(=O)c1ccc(NC(C)=O)cc1)C(=O)c1ccco1. The van der Waals surface area contributed by atoms with E-state index in [-0.39, 0.29) is 40.8 Å². The summed E-state index contributed by atoms with van der Waals surface area (Å²) in [4.78, 5) is 25.7. The van der Waals surface area contributed by atoms with Gasteiger partial charge in [0.15, 0.2) is 5.76 Å². The fourth-order valence-electron chi connectivity index (χ4n) is 3.20. The van der Waals surface area contributed by atoms with Gasteiger partial charge in [0.2, 0.25) is 5.91 Å². The third kappa shape index (κ3) is 6.18. The highest BCUT2D eigenvalue weighted by molar-refractivity contribution is 7.87. The van der Waals surface area contributed by atoms with Crippen LogP contribution in [0.1, 0.15) is 43.3 Å².